The van der Waals surface area contributed by atoms with Crippen molar-refractivity contribution in [2.24, 2.45) is 5.92 Å². The van der Waals surface area contributed by atoms with Crippen molar-refractivity contribution in [3.63, 3.8) is 0 Å². The van der Waals surface area contributed by atoms with Crippen molar-refractivity contribution < 1.29 is 9.53 Å². The quantitative estimate of drug-likeness (QED) is 0.607. The number of nitrogens with zero attached hydrogens (tertiary/aromatic N) is 1. The maximum Gasteiger partial charge on any atom is 0.165 e. The summed E-state index contributed by atoms with van der Waals surface area (Å²) < 4.78 is 5.38. The van der Waals surface area contributed by atoms with Crippen molar-refractivity contribution in [2.75, 3.05) is 26.7 Å². The summed E-state index contributed by atoms with van der Waals surface area (Å²) in [5.41, 5.74) is 0. The van der Waals surface area contributed by atoms with Gasteiger partial charge in [0, 0.05) is 19.0 Å². The number of Topliss-reactive ketones (excluding diaryl/α,β-unsaturated/α-hetero) is 1. The highest BCUT2D eigenvalue weighted by Crippen LogP contribution is 2.08. The van der Waals surface area contributed by atoms with Crippen LogP contribution in [0, 0.1) is 5.92 Å². The Morgan fingerprint density at radius 2 is 2.25 bits per heavy atom. The third-order valence-corrected chi connectivity index (χ3v) is 2.16. The van der Waals surface area contributed by atoms with Crippen LogP contribution >= 0.6 is 0 Å². The van der Waals surface area contributed by atoms with E-state index in [1.807, 2.05) is 20.9 Å². The van der Waals surface area contributed by atoms with Gasteiger partial charge in [-0.1, -0.05) is 13.8 Å². The molecule has 0 amide bonds. The monoisotopic (exact) mass is 171 g/mol. The molecule has 1 rings (SSSR count). The average molecular weight is 171 g/mol. The van der Waals surface area contributed by atoms with E-state index in [2.05, 4.69) is 4.90 Å². The molecular weight excluding hydrogens is 154 g/mol. The van der Waals surface area contributed by atoms with Gasteiger partial charge in [0.15, 0.2) is 5.78 Å². The van der Waals surface area contributed by atoms with Crippen LogP contribution in [0.2, 0.25) is 0 Å². The smallest absolute Gasteiger partial charge is 0.165 e. The summed E-state index contributed by atoms with van der Waals surface area (Å²) in [6, 6.07) is 0. The fraction of sp³-hybridized carbons (Fsp3) is 0.889. The zero-order valence-corrected chi connectivity index (χ0v) is 8.04. The molecule has 1 heterocycles. The average Bonchev–Trinajstić information content (AvgIpc) is 2.03. The van der Waals surface area contributed by atoms with Gasteiger partial charge in [-0.05, 0) is 7.05 Å². The Bertz CT molecular complexity index is 168. The molecule has 0 N–H and O–H groups in total. The van der Waals surface area contributed by atoms with Crippen LogP contribution in [-0.4, -0.2) is 43.5 Å². The lowest BCUT2D eigenvalue weighted by molar-refractivity contribution is -0.138. The van der Waals surface area contributed by atoms with E-state index in [-0.39, 0.29) is 17.8 Å². The Hall–Kier alpha value is -0.410. The second-order valence-corrected chi connectivity index (χ2v) is 3.68. The molecule has 0 radical (unpaired) electrons. The van der Waals surface area contributed by atoms with E-state index in [1.54, 1.807) is 0 Å². The van der Waals surface area contributed by atoms with E-state index in [9.17, 15) is 4.79 Å². The van der Waals surface area contributed by atoms with E-state index in [4.69, 9.17) is 4.74 Å². The number of hydrogen-bond donors (Lipinski definition) is 0. The molecule has 1 fully saturated rings. The Morgan fingerprint density at radius 1 is 1.58 bits per heavy atom. The lowest BCUT2D eigenvalue weighted by Gasteiger charge is -2.29. The van der Waals surface area contributed by atoms with Crippen LogP contribution in [0.25, 0.3) is 0 Å². The van der Waals surface area contributed by atoms with Crippen LogP contribution in [0.4, 0.5) is 0 Å². The van der Waals surface area contributed by atoms with Crippen LogP contribution in [0.15, 0.2) is 0 Å². The van der Waals surface area contributed by atoms with Gasteiger partial charge in [0.25, 0.3) is 0 Å². The van der Waals surface area contributed by atoms with E-state index in [0.29, 0.717) is 6.61 Å². The van der Waals surface area contributed by atoms with E-state index in [0.717, 1.165) is 13.1 Å². The Kier molecular flexibility index (Phi) is 3.23. The van der Waals surface area contributed by atoms with Gasteiger partial charge >= 0.3 is 0 Å². The predicted molar refractivity (Wildman–Crippen MR) is 47.1 cm³/mol. The van der Waals surface area contributed by atoms with E-state index >= 15 is 0 Å². The van der Waals surface area contributed by atoms with Gasteiger partial charge in [0.05, 0.1) is 6.61 Å². The fourth-order valence-electron chi connectivity index (χ4n) is 1.32. The number of hydrogen-bond acceptors (Lipinski definition) is 3. The van der Waals surface area contributed by atoms with Gasteiger partial charge in [-0.3, -0.25) is 4.79 Å². The number of ketones is 1. The van der Waals surface area contributed by atoms with Gasteiger partial charge in [-0.2, -0.15) is 0 Å². The standard InChI is InChI=1S/C9H17NO2/c1-7(2)9(11)8-6-10(3)4-5-12-8/h7-8H,4-6H2,1-3H3. The second kappa shape index (κ2) is 4.01. The Morgan fingerprint density at radius 3 is 2.75 bits per heavy atom. The lowest BCUT2D eigenvalue weighted by atomic mass is 10.0. The second-order valence-electron chi connectivity index (χ2n) is 3.68. The van der Waals surface area contributed by atoms with Crippen molar-refractivity contribution >= 4 is 5.78 Å². The molecule has 0 aromatic heterocycles. The number of carbonyl (C=O) groups excluding carboxylic acids is 1. The first kappa shape index (κ1) is 9.68. The van der Waals surface area contributed by atoms with E-state index < -0.39 is 0 Å². The summed E-state index contributed by atoms with van der Waals surface area (Å²) in [4.78, 5) is 13.6. The molecule has 0 spiro atoms. The molecule has 12 heavy (non-hydrogen) atoms. The Labute approximate surface area is 73.7 Å². The van der Waals surface area contributed by atoms with Gasteiger partial charge in [0.1, 0.15) is 6.10 Å². The molecule has 3 heteroatoms. The summed E-state index contributed by atoms with van der Waals surface area (Å²) in [6.07, 6.45) is -0.191. The number of carbonyl (C=O) groups is 1. The zero-order chi connectivity index (χ0) is 9.14. The summed E-state index contributed by atoms with van der Waals surface area (Å²) in [7, 11) is 2.02. The maximum atomic E-state index is 11.5. The highest BCUT2D eigenvalue weighted by atomic mass is 16.5. The molecule has 1 unspecified atom stereocenters. The topological polar surface area (TPSA) is 29.5 Å². The molecule has 0 aromatic rings. The first-order chi connectivity index (χ1) is 5.61. The van der Waals surface area contributed by atoms with Crippen LogP contribution in [0.1, 0.15) is 13.8 Å². The molecule has 1 aliphatic heterocycles. The predicted octanol–water partition coefficient (Wildman–Crippen LogP) is 0.542. The molecule has 3 nitrogen and oxygen atoms in total. The van der Waals surface area contributed by atoms with Crippen LogP contribution in [0.3, 0.4) is 0 Å². The molecule has 1 saturated heterocycles. The van der Waals surface area contributed by atoms with Gasteiger partial charge in [-0.15, -0.1) is 0 Å². The molecule has 0 saturated carbocycles. The summed E-state index contributed by atoms with van der Waals surface area (Å²) in [5.74, 6) is 0.308. The summed E-state index contributed by atoms with van der Waals surface area (Å²) in [5, 5.41) is 0. The van der Waals surface area contributed by atoms with Gasteiger partial charge < -0.3 is 9.64 Å². The van der Waals surface area contributed by atoms with Crippen LogP contribution in [0.5, 0.6) is 0 Å². The number of morpholine rings is 1. The van der Waals surface area contributed by atoms with Crippen molar-refractivity contribution in [3.05, 3.63) is 0 Å². The van der Waals surface area contributed by atoms with Crippen LogP contribution in [-0.2, 0) is 9.53 Å². The zero-order valence-electron chi connectivity index (χ0n) is 8.04. The number of rotatable bonds is 2. The maximum absolute atomic E-state index is 11.5. The molecule has 0 bridgehead atoms. The third-order valence-electron chi connectivity index (χ3n) is 2.16. The Balaban J connectivity index is 2.46. The van der Waals surface area contributed by atoms with Crippen molar-refractivity contribution in [1.29, 1.82) is 0 Å². The minimum atomic E-state index is -0.191. The normalized spacial score (nSPS) is 26.2. The SMILES string of the molecule is CC(C)C(=O)C1CN(C)CCO1. The van der Waals surface area contributed by atoms with E-state index in [1.165, 1.54) is 0 Å². The molecule has 0 aromatic carbocycles. The highest BCUT2D eigenvalue weighted by molar-refractivity contribution is 5.85. The first-order valence-corrected chi connectivity index (χ1v) is 4.45. The molecule has 1 aliphatic rings. The number of ether oxygens (including phenoxy) is 1. The van der Waals surface area contributed by atoms with Crippen molar-refractivity contribution in [2.45, 2.75) is 20.0 Å². The van der Waals surface area contributed by atoms with Crippen LogP contribution < -0.4 is 0 Å². The largest absolute Gasteiger partial charge is 0.368 e. The fourth-order valence-corrected chi connectivity index (χ4v) is 1.32. The summed E-state index contributed by atoms with van der Waals surface area (Å²) >= 11 is 0. The number of likely N-dealkylation sites (N-methyl/N-ethyl adjacent to an activating group) is 1. The highest BCUT2D eigenvalue weighted by Gasteiger charge is 2.26. The molecular formula is C9H17NO2. The van der Waals surface area contributed by atoms with Gasteiger partial charge in [-0.25, -0.2) is 0 Å². The molecule has 0 aliphatic carbocycles. The van der Waals surface area contributed by atoms with Crippen molar-refractivity contribution in [1.82, 2.24) is 4.90 Å². The minimum absolute atomic E-state index is 0.0847. The molecule has 70 valence electrons. The first-order valence-electron chi connectivity index (χ1n) is 4.45. The third kappa shape index (κ3) is 2.29. The minimum Gasteiger partial charge on any atom is -0.368 e. The lowest BCUT2D eigenvalue weighted by Crippen LogP contribution is -2.45. The summed E-state index contributed by atoms with van der Waals surface area (Å²) in [6.45, 7) is 6.19. The molecule has 1 atom stereocenters. The van der Waals surface area contributed by atoms with Crippen molar-refractivity contribution in [3.8, 4) is 0 Å². The van der Waals surface area contributed by atoms with Gasteiger partial charge in [0.2, 0.25) is 0 Å².